The SMILES string of the molecule is N#CSc1ccc(NC(=O)C2(c3ccccc3F)CCC2)cc1. The minimum absolute atomic E-state index is 0.172. The predicted molar refractivity (Wildman–Crippen MR) is 88.5 cm³/mol. The number of nitrogens with one attached hydrogen (secondary N) is 1. The van der Waals surface area contributed by atoms with Gasteiger partial charge in [0.25, 0.3) is 0 Å². The first-order valence-corrected chi connectivity index (χ1v) is 8.20. The van der Waals surface area contributed by atoms with Crippen LogP contribution in [0.25, 0.3) is 0 Å². The highest BCUT2D eigenvalue weighted by Crippen LogP contribution is 2.45. The zero-order chi connectivity index (χ0) is 16.3. The van der Waals surface area contributed by atoms with E-state index < -0.39 is 5.41 Å². The summed E-state index contributed by atoms with van der Waals surface area (Å²) in [4.78, 5) is 13.6. The molecular formula is C18H15FN2OS. The van der Waals surface area contributed by atoms with Gasteiger partial charge in [-0.2, -0.15) is 5.26 Å². The number of hydrogen-bond acceptors (Lipinski definition) is 3. The third kappa shape index (κ3) is 2.95. The van der Waals surface area contributed by atoms with Crippen LogP contribution in [0.1, 0.15) is 24.8 Å². The average Bonchev–Trinajstić information content (AvgIpc) is 2.50. The quantitative estimate of drug-likeness (QED) is 0.666. The molecule has 0 unspecified atom stereocenters. The summed E-state index contributed by atoms with van der Waals surface area (Å²) in [6, 6.07) is 13.6. The van der Waals surface area contributed by atoms with Crippen LogP contribution in [0.2, 0.25) is 0 Å². The highest BCUT2D eigenvalue weighted by molar-refractivity contribution is 8.03. The van der Waals surface area contributed by atoms with Crippen molar-refractivity contribution >= 4 is 23.4 Å². The third-order valence-electron chi connectivity index (χ3n) is 4.31. The zero-order valence-corrected chi connectivity index (χ0v) is 13.2. The standard InChI is InChI=1S/C18H15FN2OS/c19-16-5-2-1-4-15(16)18(10-3-11-18)17(22)21-13-6-8-14(9-7-13)23-12-20/h1-2,4-9H,3,10-11H2,(H,21,22). The summed E-state index contributed by atoms with van der Waals surface area (Å²) in [5, 5.41) is 13.5. The van der Waals surface area contributed by atoms with Gasteiger partial charge in [0, 0.05) is 16.1 Å². The maximum absolute atomic E-state index is 14.1. The van der Waals surface area contributed by atoms with E-state index in [4.69, 9.17) is 5.26 Å². The molecule has 0 spiro atoms. The molecule has 3 rings (SSSR count). The first-order valence-electron chi connectivity index (χ1n) is 7.38. The summed E-state index contributed by atoms with van der Waals surface area (Å²) in [7, 11) is 0. The summed E-state index contributed by atoms with van der Waals surface area (Å²) in [5.74, 6) is -0.502. The number of anilines is 1. The van der Waals surface area contributed by atoms with Crippen molar-refractivity contribution in [1.82, 2.24) is 0 Å². The molecule has 5 heteroatoms. The second kappa shape index (κ2) is 6.43. The van der Waals surface area contributed by atoms with Gasteiger partial charge in [0.1, 0.15) is 11.2 Å². The summed E-state index contributed by atoms with van der Waals surface area (Å²) >= 11 is 1.07. The maximum Gasteiger partial charge on any atom is 0.235 e. The van der Waals surface area contributed by atoms with Crippen LogP contribution in [0.15, 0.2) is 53.4 Å². The minimum Gasteiger partial charge on any atom is -0.325 e. The van der Waals surface area contributed by atoms with Crippen molar-refractivity contribution in [2.75, 3.05) is 5.32 Å². The van der Waals surface area contributed by atoms with Crippen molar-refractivity contribution < 1.29 is 9.18 Å². The molecule has 0 aliphatic heterocycles. The van der Waals surface area contributed by atoms with Crippen molar-refractivity contribution in [1.29, 1.82) is 5.26 Å². The number of amides is 1. The Morgan fingerprint density at radius 3 is 2.43 bits per heavy atom. The molecule has 116 valence electrons. The van der Waals surface area contributed by atoms with E-state index in [1.807, 2.05) is 5.40 Å². The molecule has 1 N–H and O–H groups in total. The van der Waals surface area contributed by atoms with Gasteiger partial charge in [0.05, 0.1) is 5.41 Å². The lowest BCUT2D eigenvalue weighted by molar-refractivity contribution is -0.124. The van der Waals surface area contributed by atoms with Crippen LogP contribution in [-0.2, 0) is 10.2 Å². The van der Waals surface area contributed by atoms with E-state index in [2.05, 4.69) is 5.32 Å². The second-order valence-corrected chi connectivity index (χ2v) is 6.45. The Labute approximate surface area is 138 Å². The van der Waals surface area contributed by atoms with Gasteiger partial charge in [0.15, 0.2) is 0 Å². The summed E-state index contributed by atoms with van der Waals surface area (Å²) in [6.45, 7) is 0. The molecular weight excluding hydrogens is 311 g/mol. The first-order chi connectivity index (χ1) is 11.2. The number of rotatable bonds is 4. The van der Waals surface area contributed by atoms with E-state index in [-0.39, 0.29) is 11.7 Å². The molecule has 2 aromatic carbocycles. The monoisotopic (exact) mass is 326 g/mol. The second-order valence-electron chi connectivity index (χ2n) is 5.59. The topological polar surface area (TPSA) is 52.9 Å². The van der Waals surface area contributed by atoms with Crippen LogP contribution in [0, 0.1) is 16.5 Å². The summed E-state index contributed by atoms with van der Waals surface area (Å²) < 4.78 is 14.1. The molecule has 1 amide bonds. The van der Waals surface area contributed by atoms with E-state index in [0.29, 0.717) is 24.1 Å². The Morgan fingerprint density at radius 2 is 1.87 bits per heavy atom. The van der Waals surface area contributed by atoms with Crippen LogP contribution in [0.4, 0.5) is 10.1 Å². The fourth-order valence-electron chi connectivity index (χ4n) is 2.91. The van der Waals surface area contributed by atoms with Crippen molar-refractivity contribution in [2.24, 2.45) is 0 Å². The molecule has 0 bridgehead atoms. The smallest absolute Gasteiger partial charge is 0.235 e. The number of thioether (sulfide) groups is 1. The molecule has 1 aliphatic carbocycles. The van der Waals surface area contributed by atoms with Gasteiger partial charge in [-0.1, -0.05) is 24.6 Å². The van der Waals surface area contributed by atoms with Crippen LogP contribution in [-0.4, -0.2) is 5.91 Å². The number of thiocyanates is 1. The Bertz CT molecular complexity index is 763. The number of benzene rings is 2. The fraction of sp³-hybridized carbons (Fsp3) is 0.222. The number of nitriles is 1. The molecule has 1 fully saturated rings. The van der Waals surface area contributed by atoms with Crippen LogP contribution >= 0.6 is 11.8 Å². The molecule has 1 saturated carbocycles. The van der Waals surface area contributed by atoms with E-state index in [1.165, 1.54) is 6.07 Å². The third-order valence-corrected chi connectivity index (χ3v) is 4.91. The van der Waals surface area contributed by atoms with Gasteiger partial charge in [-0.05, 0) is 54.9 Å². The number of nitrogens with zero attached hydrogens (tertiary/aromatic N) is 1. The average molecular weight is 326 g/mol. The summed E-state index contributed by atoms with van der Waals surface area (Å²) in [5.41, 5.74) is 0.353. The molecule has 0 atom stereocenters. The number of carbonyl (C=O) groups is 1. The number of halogens is 1. The summed E-state index contributed by atoms with van der Waals surface area (Å²) in [6.07, 6.45) is 2.23. The molecule has 3 nitrogen and oxygen atoms in total. The minimum atomic E-state index is -0.772. The number of carbonyl (C=O) groups excluding carboxylic acids is 1. The molecule has 23 heavy (non-hydrogen) atoms. The van der Waals surface area contributed by atoms with Crippen LogP contribution < -0.4 is 5.32 Å². The lowest BCUT2D eigenvalue weighted by Crippen LogP contribution is -2.46. The van der Waals surface area contributed by atoms with Gasteiger partial charge < -0.3 is 5.32 Å². The Kier molecular flexibility index (Phi) is 4.35. The molecule has 0 saturated heterocycles. The molecule has 0 heterocycles. The van der Waals surface area contributed by atoms with Gasteiger partial charge in [0.2, 0.25) is 5.91 Å². The first kappa shape index (κ1) is 15.6. The Morgan fingerprint density at radius 1 is 1.17 bits per heavy atom. The normalized spacial score (nSPS) is 15.3. The van der Waals surface area contributed by atoms with Gasteiger partial charge >= 0.3 is 0 Å². The molecule has 0 aromatic heterocycles. The van der Waals surface area contributed by atoms with E-state index in [9.17, 15) is 9.18 Å². The van der Waals surface area contributed by atoms with Crippen molar-refractivity contribution in [2.45, 2.75) is 29.6 Å². The number of hydrogen-bond donors (Lipinski definition) is 1. The lowest BCUT2D eigenvalue weighted by atomic mass is 9.63. The largest absolute Gasteiger partial charge is 0.325 e. The highest BCUT2D eigenvalue weighted by atomic mass is 32.2. The molecule has 1 aliphatic rings. The predicted octanol–water partition coefficient (Wildman–Crippen LogP) is 4.46. The van der Waals surface area contributed by atoms with Gasteiger partial charge in [-0.25, -0.2) is 4.39 Å². The Balaban J connectivity index is 1.81. The van der Waals surface area contributed by atoms with Gasteiger partial charge in [-0.15, -0.1) is 0 Å². The highest BCUT2D eigenvalue weighted by Gasteiger charge is 2.47. The van der Waals surface area contributed by atoms with Crippen LogP contribution in [0.5, 0.6) is 0 Å². The van der Waals surface area contributed by atoms with Gasteiger partial charge in [-0.3, -0.25) is 4.79 Å². The molecule has 0 radical (unpaired) electrons. The van der Waals surface area contributed by atoms with Crippen molar-refractivity contribution in [3.63, 3.8) is 0 Å². The van der Waals surface area contributed by atoms with Crippen molar-refractivity contribution in [3.8, 4) is 5.40 Å². The van der Waals surface area contributed by atoms with Crippen LogP contribution in [0.3, 0.4) is 0 Å². The lowest BCUT2D eigenvalue weighted by Gasteiger charge is -2.40. The Hall–Kier alpha value is -2.32. The molecule has 2 aromatic rings. The van der Waals surface area contributed by atoms with Crippen molar-refractivity contribution in [3.05, 3.63) is 59.9 Å². The zero-order valence-electron chi connectivity index (χ0n) is 12.4. The van der Waals surface area contributed by atoms with E-state index in [0.717, 1.165) is 23.1 Å². The maximum atomic E-state index is 14.1. The fourth-order valence-corrected chi connectivity index (χ4v) is 3.29. The van der Waals surface area contributed by atoms with E-state index >= 15 is 0 Å². The van der Waals surface area contributed by atoms with E-state index in [1.54, 1.807) is 42.5 Å².